The largest absolute Gasteiger partial charge is 0.283 e. The standard InChI is InChI=1S/C24H19F3N4/c1-4-5-16-8-15(6-7-22(16)28-3)14(2)23-29-30-24-21(27)11-18(13-31(23)24)17-9-19(25)12-20(26)10-17/h4-14H,3H2,1-2H3/b5-4-/t14-/m1/s1. The van der Waals surface area contributed by atoms with Crippen LogP contribution in [-0.2, 0) is 0 Å². The van der Waals surface area contributed by atoms with Gasteiger partial charge in [0, 0.05) is 29.3 Å². The zero-order valence-corrected chi connectivity index (χ0v) is 17.0. The number of aromatic nitrogens is 3. The summed E-state index contributed by atoms with van der Waals surface area (Å²) in [6.45, 7) is 7.43. The molecular formula is C24H19F3N4. The Bertz CT molecular complexity index is 1300. The molecule has 0 spiro atoms. The number of halogens is 3. The minimum atomic E-state index is -0.736. The van der Waals surface area contributed by atoms with E-state index in [1.807, 2.05) is 44.2 Å². The van der Waals surface area contributed by atoms with Gasteiger partial charge in [0.2, 0.25) is 0 Å². The Kier molecular flexibility index (Phi) is 5.42. The van der Waals surface area contributed by atoms with Crippen LogP contribution in [0.1, 0.15) is 36.7 Å². The summed E-state index contributed by atoms with van der Waals surface area (Å²) in [5, 5.41) is 8.17. The lowest BCUT2D eigenvalue weighted by Gasteiger charge is -2.13. The van der Waals surface area contributed by atoms with Crippen molar-refractivity contribution in [2.75, 3.05) is 0 Å². The first-order valence-corrected chi connectivity index (χ1v) is 9.65. The highest BCUT2D eigenvalue weighted by atomic mass is 19.1. The van der Waals surface area contributed by atoms with Crippen LogP contribution in [0.5, 0.6) is 0 Å². The smallest absolute Gasteiger partial charge is 0.196 e. The third-order valence-corrected chi connectivity index (χ3v) is 5.14. The number of allylic oxidation sites excluding steroid dienone is 1. The minimum absolute atomic E-state index is 0.0422. The Morgan fingerprint density at radius 1 is 1.00 bits per heavy atom. The average Bonchev–Trinajstić information content (AvgIpc) is 3.17. The molecule has 4 aromatic rings. The molecule has 2 aromatic carbocycles. The SMILES string of the molecule is C=Nc1ccc([C@@H](C)c2nnc3c(F)cc(-c4cc(F)cc(F)c4)cn23)cc1/C=C\C. The van der Waals surface area contributed by atoms with E-state index in [1.165, 1.54) is 10.5 Å². The average molecular weight is 420 g/mol. The van der Waals surface area contributed by atoms with Crippen molar-refractivity contribution in [1.82, 2.24) is 14.6 Å². The number of aliphatic imine (C=N–C) groups is 1. The zero-order chi connectivity index (χ0) is 22.1. The fraction of sp³-hybridized carbons (Fsp3) is 0.125. The zero-order valence-electron chi connectivity index (χ0n) is 17.0. The van der Waals surface area contributed by atoms with E-state index in [2.05, 4.69) is 21.9 Å². The van der Waals surface area contributed by atoms with Crippen molar-refractivity contribution in [3.63, 3.8) is 0 Å². The van der Waals surface area contributed by atoms with Gasteiger partial charge in [0.25, 0.3) is 0 Å². The summed E-state index contributed by atoms with van der Waals surface area (Å²) >= 11 is 0. The van der Waals surface area contributed by atoms with Crippen molar-refractivity contribution in [2.24, 2.45) is 4.99 Å². The number of rotatable bonds is 5. The monoisotopic (exact) mass is 420 g/mol. The molecule has 0 aliphatic carbocycles. The van der Waals surface area contributed by atoms with Crippen molar-refractivity contribution in [2.45, 2.75) is 19.8 Å². The second-order valence-electron chi connectivity index (χ2n) is 7.18. The Morgan fingerprint density at radius 2 is 1.74 bits per heavy atom. The highest BCUT2D eigenvalue weighted by molar-refractivity contribution is 5.67. The van der Waals surface area contributed by atoms with Crippen molar-refractivity contribution in [3.8, 4) is 11.1 Å². The molecule has 0 unspecified atom stereocenters. The second kappa shape index (κ2) is 8.18. The molecule has 4 rings (SSSR count). The topological polar surface area (TPSA) is 42.5 Å². The Balaban J connectivity index is 1.84. The van der Waals surface area contributed by atoms with Gasteiger partial charge in [-0.05, 0) is 55.1 Å². The third-order valence-electron chi connectivity index (χ3n) is 5.14. The highest BCUT2D eigenvalue weighted by Crippen LogP contribution is 2.31. The lowest BCUT2D eigenvalue weighted by Crippen LogP contribution is -2.04. The number of hydrogen-bond donors (Lipinski definition) is 0. The lowest BCUT2D eigenvalue weighted by molar-refractivity contribution is 0.584. The molecule has 0 fully saturated rings. The fourth-order valence-electron chi connectivity index (χ4n) is 3.59. The maximum atomic E-state index is 14.7. The first-order valence-electron chi connectivity index (χ1n) is 9.65. The van der Waals surface area contributed by atoms with Gasteiger partial charge >= 0.3 is 0 Å². The highest BCUT2D eigenvalue weighted by Gasteiger charge is 2.19. The van der Waals surface area contributed by atoms with Gasteiger partial charge < -0.3 is 0 Å². The third kappa shape index (κ3) is 3.86. The van der Waals surface area contributed by atoms with Crippen molar-refractivity contribution < 1.29 is 13.2 Å². The van der Waals surface area contributed by atoms with E-state index in [-0.39, 0.29) is 17.1 Å². The first kappa shape index (κ1) is 20.5. The fourth-order valence-corrected chi connectivity index (χ4v) is 3.59. The summed E-state index contributed by atoms with van der Waals surface area (Å²) in [5.41, 5.74) is 3.16. The maximum absolute atomic E-state index is 14.7. The van der Waals surface area contributed by atoms with Gasteiger partial charge in [0.05, 0.1) is 5.69 Å². The number of nitrogens with zero attached hydrogens (tertiary/aromatic N) is 4. The van der Waals surface area contributed by atoms with Gasteiger partial charge in [-0.15, -0.1) is 10.2 Å². The molecule has 2 aromatic heterocycles. The van der Waals surface area contributed by atoms with Crippen LogP contribution in [0.3, 0.4) is 0 Å². The number of pyridine rings is 1. The number of fused-ring (bicyclic) bond motifs is 1. The molecule has 156 valence electrons. The summed E-state index contributed by atoms with van der Waals surface area (Å²) in [7, 11) is 0. The molecule has 0 aliphatic heterocycles. The number of benzene rings is 2. The van der Waals surface area contributed by atoms with E-state index in [1.54, 1.807) is 6.20 Å². The van der Waals surface area contributed by atoms with Gasteiger partial charge in [-0.1, -0.05) is 25.1 Å². The molecule has 31 heavy (non-hydrogen) atoms. The van der Waals surface area contributed by atoms with Crippen LogP contribution >= 0.6 is 0 Å². The lowest BCUT2D eigenvalue weighted by atomic mass is 9.97. The van der Waals surface area contributed by atoms with E-state index in [4.69, 9.17) is 0 Å². The maximum Gasteiger partial charge on any atom is 0.196 e. The van der Waals surface area contributed by atoms with E-state index in [0.717, 1.165) is 35.0 Å². The van der Waals surface area contributed by atoms with E-state index < -0.39 is 17.5 Å². The molecule has 2 heterocycles. The Labute approximate surface area is 177 Å². The van der Waals surface area contributed by atoms with Gasteiger partial charge in [0.1, 0.15) is 17.5 Å². The van der Waals surface area contributed by atoms with E-state index >= 15 is 0 Å². The molecule has 0 saturated carbocycles. The van der Waals surface area contributed by atoms with Gasteiger partial charge in [-0.2, -0.15) is 0 Å². The summed E-state index contributed by atoms with van der Waals surface area (Å²) in [6.07, 6.45) is 5.42. The molecule has 0 N–H and O–H groups in total. The van der Waals surface area contributed by atoms with Crippen LogP contribution < -0.4 is 0 Å². The van der Waals surface area contributed by atoms with E-state index in [0.29, 0.717) is 11.4 Å². The quantitative estimate of drug-likeness (QED) is 0.354. The summed E-state index contributed by atoms with van der Waals surface area (Å²) in [4.78, 5) is 4.03. The van der Waals surface area contributed by atoms with E-state index in [9.17, 15) is 13.2 Å². The summed E-state index contributed by atoms with van der Waals surface area (Å²) < 4.78 is 43.6. The molecule has 1 atom stereocenters. The Hall–Kier alpha value is -3.74. The van der Waals surface area contributed by atoms with Crippen molar-refractivity contribution >= 4 is 24.1 Å². The van der Waals surface area contributed by atoms with Crippen LogP contribution in [-0.4, -0.2) is 21.3 Å². The molecule has 0 aliphatic rings. The van der Waals surface area contributed by atoms with Crippen LogP contribution in [0.25, 0.3) is 22.9 Å². The predicted molar refractivity (Wildman–Crippen MR) is 116 cm³/mol. The summed E-state index contributed by atoms with van der Waals surface area (Å²) in [5.74, 6) is -1.84. The molecule has 7 heteroatoms. The first-order chi connectivity index (χ1) is 14.9. The van der Waals surface area contributed by atoms with Crippen molar-refractivity contribution in [1.29, 1.82) is 0 Å². The van der Waals surface area contributed by atoms with Gasteiger partial charge in [0.15, 0.2) is 11.5 Å². The van der Waals surface area contributed by atoms with Crippen LogP contribution in [0.4, 0.5) is 18.9 Å². The van der Waals surface area contributed by atoms with Crippen LogP contribution in [0.15, 0.2) is 59.7 Å². The normalized spacial score (nSPS) is 12.5. The minimum Gasteiger partial charge on any atom is -0.283 e. The predicted octanol–water partition coefficient (Wildman–Crippen LogP) is 6.33. The molecule has 4 nitrogen and oxygen atoms in total. The molecular weight excluding hydrogens is 401 g/mol. The molecule has 0 saturated heterocycles. The van der Waals surface area contributed by atoms with Crippen LogP contribution in [0, 0.1) is 17.5 Å². The van der Waals surface area contributed by atoms with Gasteiger partial charge in [-0.25, -0.2) is 13.2 Å². The van der Waals surface area contributed by atoms with Crippen LogP contribution in [0.2, 0.25) is 0 Å². The van der Waals surface area contributed by atoms with Gasteiger partial charge in [-0.3, -0.25) is 9.39 Å². The summed E-state index contributed by atoms with van der Waals surface area (Å²) in [6, 6.07) is 10.0. The Morgan fingerprint density at radius 3 is 2.42 bits per heavy atom. The molecule has 0 amide bonds. The van der Waals surface area contributed by atoms with Crippen molar-refractivity contribution in [3.05, 3.63) is 89.1 Å². The second-order valence-corrected chi connectivity index (χ2v) is 7.18. The molecule has 0 radical (unpaired) electrons. The molecule has 0 bridgehead atoms. The number of hydrogen-bond acceptors (Lipinski definition) is 3.